The minimum Gasteiger partial charge on any atom is -0.454 e. The van der Waals surface area contributed by atoms with Crippen molar-refractivity contribution >= 4 is 33.9 Å². The van der Waals surface area contributed by atoms with Gasteiger partial charge >= 0.3 is 0 Å². The summed E-state index contributed by atoms with van der Waals surface area (Å²) >= 11 is 0. The first-order valence-electron chi connectivity index (χ1n) is 8.97. The van der Waals surface area contributed by atoms with Gasteiger partial charge in [0.15, 0.2) is 11.5 Å². The molecule has 1 N–H and O–H groups in total. The Kier molecular flexibility index (Phi) is 3.94. The highest BCUT2D eigenvalue weighted by Crippen LogP contribution is 2.32. The quantitative estimate of drug-likeness (QED) is 0.440. The lowest BCUT2D eigenvalue weighted by molar-refractivity contribution is -0.121. The van der Waals surface area contributed by atoms with Crippen molar-refractivity contribution in [1.29, 1.82) is 0 Å². The molecule has 1 amide bonds. The highest BCUT2D eigenvalue weighted by molar-refractivity contribution is 6.08. The first-order valence-corrected chi connectivity index (χ1v) is 8.97. The summed E-state index contributed by atoms with van der Waals surface area (Å²) in [6.07, 6.45) is 1.59. The Balaban J connectivity index is 1.36. The zero-order valence-electron chi connectivity index (χ0n) is 15.0. The van der Waals surface area contributed by atoms with Crippen LogP contribution in [0.3, 0.4) is 0 Å². The molecule has 0 atom stereocenters. The van der Waals surface area contributed by atoms with Crippen LogP contribution in [0.25, 0.3) is 21.8 Å². The number of nitrogens with zero attached hydrogens (tertiary/aromatic N) is 2. The van der Waals surface area contributed by atoms with Gasteiger partial charge < -0.3 is 14.0 Å². The molecule has 5 rings (SSSR count). The van der Waals surface area contributed by atoms with Crippen molar-refractivity contribution in [2.45, 2.75) is 6.54 Å². The zero-order chi connectivity index (χ0) is 18.9. The topological polar surface area (TPSA) is 64.9 Å². The number of fused-ring (bicyclic) bond motifs is 4. The van der Waals surface area contributed by atoms with Crippen LogP contribution in [0.4, 0.5) is 0 Å². The van der Waals surface area contributed by atoms with E-state index in [1.807, 2.05) is 59.2 Å². The molecule has 0 saturated heterocycles. The predicted octanol–water partition coefficient (Wildman–Crippen LogP) is 3.67. The summed E-state index contributed by atoms with van der Waals surface area (Å²) in [7, 11) is 0. The Labute approximate surface area is 161 Å². The summed E-state index contributed by atoms with van der Waals surface area (Å²) in [4.78, 5) is 12.5. The van der Waals surface area contributed by atoms with Crippen molar-refractivity contribution in [3.05, 3.63) is 72.3 Å². The van der Waals surface area contributed by atoms with Crippen molar-refractivity contribution in [2.24, 2.45) is 5.10 Å². The number of ether oxygens (including phenoxy) is 2. The molecule has 0 spiro atoms. The Morgan fingerprint density at radius 3 is 2.39 bits per heavy atom. The molecule has 1 aliphatic rings. The van der Waals surface area contributed by atoms with Crippen molar-refractivity contribution in [1.82, 2.24) is 9.99 Å². The van der Waals surface area contributed by atoms with Gasteiger partial charge in [0.1, 0.15) is 6.54 Å². The number of aromatic nitrogens is 1. The van der Waals surface area contributed by atoms with Gasteiger partial charge in [-0.05, 0) is 35.9 Å². The van der Waals surface area contributed by atoms with Gasteiger partial charge in [-0.3, -0.25) is 4.79 Å². The number of hydrazone groups is 1. The fraction of sp³-hybridized carbons (Fsp3) is 0.0909. The molecule has 28 heavy (non-hydrogen) atoms. The Morgan fingerprint density at radius 1 is 0.964 bits per heavy atom. The summed E-state index contributed by atoms with van der Waals surface area (Å²) in [6, 6.07) is 21.7. The second kappa shape index (κ2) is 6.74. The summed E-state index contributed by atoms with van der Waals surface area (Å²) in [5.41, 5.74) is 5.48. The lowest BCUT2D eigenvalue weighted by atomic mass is 10.2. The lowest BCUT2D eigenvalue weighted by Crippen LogP contribution is -2.23. The Morgan fingerprint density at radius 2 is 1.64 bits per heavy atom. The largest absolute Gasteiger partial charge is 0.454 e. The van der Waals surface area contributed by atoms with Crippen LogP contribution < -0.4 is 14.9 Å². The fourth-order valence-corrected chi connectivity index (χ4v) is 3.52. The first kappa shape index (κ1) is 16.4. The van der Waals surface area contributed by atoms with E-state index >= 15 is 0 Å². The first-order chi connectivity index (χ1) is 13.8. The van der Waals surface area contributed by atoms with Gasteiger partial charge in [0, 0.05) is 21.8 Å². The molecule has 6 heteroatoms. The average molecular weight is 371 g/mol. The van der Waals surface area contributed by atoms with Gasteiger partial charge in [-0.1, -0.05) is 36.4 Å². The number of amides is 1. The predicted molar refractivity (Wildman–Crippen MR) is 108 cm³/mol. The number of para-hydroxylation sites is 2. The summed E-state index contributed by atoms with van der Waals surface area (Å²) < 4.78 is 12.6. The molecule has 0 radical (unpaired) electrons. The highest BCUT2D eigenvalue weighted by atomic mass is 16.7. The molecule has 1 aliphatic heterocycles. The molecule has 0 fully saturated rings. The van der Waals surface area contributed by atoms with E-state index in [4.69, 9.17) is 9.47 Å². The molecule has 0 bridgehead atoms. The maximum atomic E-state index is 12.5. The monoisotopic (exact) mass is 371 g/mol. The smallest absolute Gasteiger partial charge is 0.260 e. The maximum Gasteiger partial charge on any atom is 0.260 e. The van der Waals surface area contributed by atoms with Crippen LogP contribution in [0.15, 0.2) is 71.8 Å². The molecule has 138 valence electrons. The summed E-state index contributed by atoms with van der Waals surface area (Å²) in [5.74, 6) is 1.21. The van der Waals surface area contributed by atoms with E-state index < -0.39 is 0 Å². The molecule has 6 nitrogen and oxygen atoms in total. The van der Waals surface area contributed by atoms with Crippen LogP contribution in [-0.4, -0.2) is 23.5 Å². The second-order valence-corrected chi connectivity index (χ2v) is 6.53. The van der Waals surface area contributed by atoms with E-state index in [1.54, 1.807) is 6.21 Å². The number of nitrogens with one attached hydrogen (secondary N) is 1. The van der Waals surface area contributed by atoms with Crippen LogP contribution in [-0.2, 0) is 11.3 Å². The third-order valence-electron chi connectivity index (χ3n) is 4.78. The van der Waals surface area contributed by atoms with Gasteiger partial charge in [-0.25, -0.2) is 5.43 Å². The van der Waals surface area contributed by atoms with Crippen LogP contribution in [0.5, 0.6) is 11.5 Å². The van der Waals surface area contributed by atoms with Crippen molar-refractivity contribution in [3.8, 4) is 11.5 Å². The third-order valence-corrected chi connectivity index (χ3v) is 4.78. The molecule has 0 saturated carbocycles. The molecule has 4 aromatic rings. The minimum atomic E-state index is -0.191. The molecular formula is C22H17N3O3. The van der Waals surface area contributed by atoms with Crippen LogP contribution in [0, 0.1) is 0 Å². The molecule has 3 aromatic carbocycles. The van der Waals surface area contributed by atoms with Crippen molar-refractivity contribution in [3.63, 3.8) is 0 Å². The molecule has 0 unspecified atom stereocenters. The van der Waals surface area contributed by atoms with E-state index in [1.165, 1.54) is 0 Å². The van der Waals surface area contributed by atoms with E-state index in [2.05, 4.69) is 22.7 Å². The van der Waals surface area contributed by atoms with Gasteiger partial charge in [0.05, 0.1) is 6.21 Å². The van der Waals surface area contributed by atoms with E-state index in [-0.39, 0.29) is 19.2 Å². The molecular weight excluding hydrogens is 354 g/mol. The van der Waals surface area contributed by atoms with Crippen molar-refractivity contribution in [2.75, 3.05) is 6.79 Å². The number of carbonyl (C=O) groups is 1. The van der Waals surface area contributed by atoms with Crippen LogP contribution in [0.2, 0.25) is 0 Å². The van der Waals surface area contributed by atoms with Gasteiger partial charge in [-0.2, -0.15) is 5.10 Å². The number of rotatable bonds is 4. The second-order valence-electron chi connectivity index (χ2n) is 6.53. The zero-order valence-corrected chi connectivity index (χ0v) is 15.0. The van der Waals surface area contributed by atoms with E-state index in [9.17, 15) is 4.79 Å². The number of hydrogen-bond donors (Lipinski definition) is 1. The summed E-state index contributed by atoms with van der Waals surface area (Å²) in [5, 5.41) is 6.34. The molecule has 0 aliphatic carbocycles. The molecule has 2 heterocycles. The SMILES string of the molecule is O=C(Cn1c2ccccc2c2ccccc21)N/N=C\c1ccc2c(c1)OCO2. The van der Waals surface area contributed by atoms with Gasteiger partial charge in [0.25, 0.3) is 5.91 Å². The average Bonchev–Trinajstić information content (AvgIpc) is 3.31. The van der Waals surface area contributed by atoms with Gasteiger partial charge in [-0.15, -0.1) is 0 Å². The minimum absolute atomic E-state index is 0.187. The van der Waals surface area contributed by atoms with Crippen molar-refractivity contribution < 1.29 is 14.3 Å². The number of benzene rings is 3. The number of carbonyl (C=O) groups excluding carboxylic acids is 1. The van der Waals surface area contributed by atoms with Gasteiger partial charge in [0.2, 0.25) is 6.79 Å². The highest BCUT2D eigenvalue weighted by Gasteiger charge is 2.13. The molecule has 1 aromatic heterocycles. The summed E-state index contributed by atoms with van der Waals surface area (Å²) in [6.45, 7) is 0.415. The normalized spacial score (nSPS) is 12.9. The van der Waals surface area contributed by atoms with E-state index in [0.717, 1.165) is 27.4 Å². The Hall–Kier alpha value is -3.80. The number of hydrogen-bond acceptors (Lipinski definition) is 4. The van der Waals surface area contributed by atoms with Crippen LogP contribution in [0.1, 0.15) is 5.56 Å². The lowest BCUT2D eigenvalue weighted by Gasteiger charge is -2.06. The maximum absolute atomic E-state index is 12.5. The fourth-order valence-electron chi connectivity index (χ4n) is 3.52. The standard InChI is InChI=1S/C22H17N3O3/c26-22(24-23-12-15-9-10-20-21(11-15)28-14-27-20)13-25-18-7-3-1-5-16(18)17-6-2-4-8-19(17)25/h1-12H,13-14H2,(H,24,26)/b23-12-. The Bertz CT molecular complexity index is 1170. The third kappa shape index (κ3) is 2.85. The van der Waals surface area contributed by atoms with Crippen LogP contribution >= 0.6 is 0 Å². The van der Waals surface area contributed by atoms with E-state index in [0.29, 0.717) is 11.5 Å².